The minimum atomic E-state index is -1.55. The fourth-order valence-electron chi connectivity index (χ4n) is 1.94. The van der Waals surface area contributed by atoms with Crippen molar-refractivity contribution >= 4 is 67.5 Å². The summed E-state index contributed by atoms with van der Waals surface area (Å²) in [6.45, 7) is 1.61. The highest BCUT2D eigenvalue weighted by Crippen LogP contribution is 2.40. The van der Waals surface area contributed by atoms with E-state index in [0.29, 0.717) is 5.75 Å². The largest absolute Gasteiger partial charge is 0.425 e. The van der Waals surface area contributed by atoms with E-state index in [0.717, 1.165) is 10.8 Å². The molecule has 2 aromatic rings. The third kappa shape index (κ3) is 4.49. The van der Waals surface area contributed by atoms with Crippen molar-refractivity contribution in [3.63, 3.8) is 0 Å². The van der Waals surface area contributed by atoms with Crippen molar-refractivity contribution in [2.24, 2.45) is 0 Å². The van der Waals surface area contributed by atoms with Gasteiger partial charge in [-0.15, -0.1) is 0 Å². The van der Waals surface area contributed by atoms with Gasteiger partial charge in [0.15, 0.2) is 3.79 Å². The van der Waals surface area contributed by atoms with Crippen LogP contribution in [0.2, 0.25) is 0 Å². The van der Waals surface area contributed by atoms with E-state index in [1.165, 1.54) is 0 Å². The third-order valence-electron chi connectivity index (χ3n) is 2.91. The smallest absolute Gasteiger partial charge is 0.328 e. The Kier molecular flexibility index (Phi) is 5.09. The highest BCUT2D eigenvalue weighted by Gasteiger charge is 2.40. The zero-order valence-corrected chi connectivity index (χ0v) is 14.9. The van der Waals surface area contributed by atoms with Gasteiger partial charge in [-0.2, -0.15) is 0 Å². The molecular weight excluding hydrogens is 398 g/mol. The summed E-state index contributed by atoms with van der Waals surface area (Å²) in [6.07, 6.45) is -0.00569. The molecule has 1 unspecified atom stereocenters. The number of esters is 1. The van der Waals surface area contributed by atoms with Crippen molar-refractivity contribution in [2.45, 2.75) is 21.5 Å². The van der Waals surface area contributed by atoms with Gasteiger partial charge in [0.25, 0.3) is 0 Å². The molecule has 112 valence electrons. The van der Waals surface area contributed by atoms with Crippen LogP contribution in [0.25, 0.3) is 10.8 Å². The summed E-state index contributed by atoms with van der Waals surface area (Å²) in [5.41, 5.74) is 0. The van der Waals surface area contributed by atoms with E-state index in [-0.39, 0.29) is 6.42 Å². The maximum atomic E-state index is 12.3. The van der Waals surface area contributed by atoms with Crippen molar-refractivity contribution in [1.29, 1.82) is 0 Å². The second kappa shape index (κ2) is 6.33. The highest BCUT2D eigenvalue weighted by molar-refractivity contribution is 9.10. The zero-order valence-electron chi connectivity index (χ0n) is 11.1. The monoisotopic (exact) mass is 408 g/mol. The van der Waals surface area contributed by atoms with Crippen molar-refractivity contribution in [3.05, 3.63) is 42.5 Å². The lowest BCUT2D eigenvalue weighted by molar-refractivity contribution is -0.136. The standard InChI is InChI=1S/C15H12BrCl3O2/c1-14(16,9-15(17,18)19)13(20)21-12-8-4-6-10-5-2-3-7-11(10)12/h2-8H,9H2,1H3. The summed E-state index contributed by atoms with van der Waals surface area (Å²) >= 11 is 20.5. The number of halogens is 4. The van der Waals surface area contributed by atoms with Crippen LogP contribution in [0.15, 0.2) is 42.5 Å². The topological polar surface area (TPSA) is 26.3 Å². The van der Waals surface area contributed by atoms with Crippen molar-refractivity contribution in [3.8, 4) is 5.75 Å². The normalized spacial score (nSPS) is 14.7. The fraction of sp³-hybridized carbons (Fsp3) is 0.267. The lowest BCUT2D eigenvalue weighted by Gasteiger charge is -2.24. The van der Waals surface area contributed by atoms with Gasteiger partial charge in [0.05, 0.1) is 0 Å². The molecule has 0 aromatic heterocycles. The van der Waals surface area contributed by atoms with Crippen LogP contribution in [-0.4, -0.2) is 14.1 Å². The second-order valence-electron chi connectivity index (χ2n) is 4.86. The van der Waals surface area contributed by atoms with E-state index in [4.69, 9.17) is 39.5 Å². The molecule has 0 spiro atoms. The Morgan fingerprint density at radius 2 is 1.76 bits per heavy atom. The van der Waals surface area contributed by atoms with Gasteiger partial charge >= 0.3 is 5.97 Å². The number of hydrogen-bond acceptors (Lipinski definition) is 2. The molecule has 0 aliphatic rings. The number of rotatable bonds is 3. The van der Waals surface area contributed by atoms with Crippen LogP contribution in [0.1, 0.15) is 13.3 Å². The number of carbonyl (C=O) groups is 1. The predicted octanol–water partition coefficient (Wildman–Crippen LogP) is 5.66. The summed E-state index contributed by atoms with van der Waals surface area (Å²) in [5, 5.41) is 1.84. The van der Waals surface area contributed by atoms with Crippen LogP contribution >= 0.6 is 50.7 Å². The van der Waals surface area contributed by atoms with Crippen LogP contribution < -0.4 is 4.74 Å². The Bertz CT molecular complexity index is 660. The molecule has 1 atom stereocenters. The summed E-state index contributed by atoms with van der Waals surface area (Å²) in [4.78, 5) is 12.3. The fourth-order valence-corrected chi connectivity index (χ4v) is 3.73. The molecule has 0 aliphatic heterocycles. The van der Waals surface area contributed by atoms with Crippen molar-refractivity contribution < 1.29 is 9.53 Å². The Morgan fingerprint density at radius 3 is 2.43 bits per heavy atom. The van der Waals surface area contributed by atoms with E-state index in [1.54, 1.807) is 13.0 Å². The van der Waals surface area contributed by atoms with E-state index < -0.39 is 14.1 Å². The Labute approximate surface area is 146 Å². The average Bonchev–Trinajstić information content (AvgIpc) is 2.36. The number of hydrogen-bond donors (Lipinski definition) is 0. The lowest BCUT2D eigenvalue weighted by atomic mass is 10.1. The molecule has 0 fully saturated rings. The molecule has 0 amide bonds. The minimum Gasteiger partial charge on any atom is -0.425 e. The van der Waals surface area contributed by atoms with Gasteiger partial charge in [-0.3, -0.25) is 4.79 Å². The van der Waals surface area contributed by atoms with Crippen LogP contribution in [0, 0.1) is 0 Å². The molecule has 0 radical (unpaired) electrons. The lowest BCUT2D eigenvalue weighted by Crippen LogP contribution is -2.36. The summed E-state index contributed by atoms with van der Waals surface area (Å²) in [7, 11) is 0. The number of alkyl halides is 4. The van der Waals surface area contributed by atoms with Gasteiger partial charge in [0, 0.05) is 11.8 Å². The molecule has 0 heterocycles. The van der Waals surface area contributed by atoms with Gasteiger partial charge in [-0.1, -0.05) is 87.1 Å². The van der Waals surface area contributed by atoms with Crippen LogP contribution in [-0.2, 0) is 4.79 Å². The minimum absolute atomic E-state index is 0.00569. The molecule has 0 N–H and O–H groups in total. The van der Waals surface area contributed by atoms with E-state index >= 15 is 0 Å². The maximum Gasteiger partial charge on any atom is 0.328 e. The van der Waals surface area contributed by atoms with Crippen molar-refractivity contribution in [1.82, 2.24) is 0 Å². The Hall–Kier alpha value is -0.480. The van der Waals surface area contributed by atoms with Crippen LogP contribution in [0.3, 0.4) is 0 Å². The van der Waals surface area contributed by atoms with Gasteiger partial charge in [0.2, 0.25) is 0 Å². The summed E-state index contributed by atoms with van der Waals surface area (Å²) in [5.74, 6) is -0.0294. The highest BCUT2D eigenvalue weighted by atomic mass is 79.9. The molecule has 2 aromatic carbocycles. The Balaban J connectivity index is 2.26. The first-order valence-electron chi connectivity index (χ1n) is 6.15. The van der Waals surface area contributed by atoms with Gasteiger partial charge < -0.3 is 4.74 Å². The molecular formula is C15H12BrCl3O2. The molecule has 21 heavy (non-hydrogen) atoms. The molecule has 0 saturated carbocycles. The van der Waals surface area contributed by atoms with Gasteiger partial charge in [-0.25, -0.2) is 0 Å². The molecule has 0 aliphatic carbocycles. The summed E-state index contributed by atoms with van der Waals surface area (Å²) in [6, 6.07) is 13.1. The molecule has 2 rings (SSSR count). The number of carbonyl (C=O) groups excluding carboxylic acids is 1. The third-order valence-corrected chi connectivity index (χ3v) is 3.92. The predicted molar refractivity (Wildman–Crippen MR) is 91.8 cm³/mol. The van der Waals surface area contributed by atoms with Crippen LogP contribution in [0.5, 0.6) is 5.75 Å². The van der Waals surface area contributed by atoms with E-state index in [1.807, 2.05) is 36.4 Å². The molecule has 6 heteroatoms. The molecule has 2 nitrogen and oxygen atoms in total. The first kappa shape index (κ1) is 16.9. The van der Waals surface area contributed by atoms with Gasteiger partial charge in [-0.05, 0) is 18.4 Å². The van der Waals surface area contributed by atoms with Gasteiger partial charge in [0.1, 0.15) is 10.1 Å². The average molecular weight is 411 g/mol. The second-order valence-corrected chi connectivity index (χ2v) is 9.12. The molecule has 0 saturated heterocycles. The number of ether oxygens (including phenoxy) is 1. The number of fused-ring (bicyclic) bond motifs is 1. The van der Waals surface area contributed by atoms with Crippen molar-refractivity contribution in [2.75, 3.05) is 0 Å². The zero-order chi connectivity index (χ0) is 15.7. The van der Waals surface area contributed by atoms with E-state index in [2.05, 4.69) is 15.9 Å². The quantitative estimate of drug-likeness (QED) is 0.371. The summed E-state index contributed by atoms with van der Waals surface area (Å²) < 4.78 is 2.84. The first-order chi connectivity index (χ1) is 9.69. The molecule has 0 bridgehead atoms. The maximum absolute atomic E-state index is 12.3. The number of benzene rings is 2. The van der Waals surface area contributed by atoms with E-state index in [9.17, 15) is 4.79 Å². The first-order valence-corrected chi connectivity index (χ1v) is 8.07. The Morgan fingerprint density at radius 1 is 1.14 bits per heavy atom. The SMILES string of the molecule is CC(Br)(CC(Cl)(Cl)Cl)C(=O)Oc1cccc2ccccc12. The van der Waals surface area contributed by atoms with Crippen LogP contribution in [0.4, 0.5) is 0 Å².